The molecule has 0 aliphatic rings. The Hall–Kier alpha value is -2.57. The number of rotatable bonds is 6. The van der Waals surface area contributed by atoms with Gasteiger partial charge in [-0.1, -0.05) is 5.11 Å². The maximum Gasteiger partial charge on any atom is 0.338 e. The van der Waals surface area contributed by atoms with Gasteiger partial charge < -0.3 is 14.2 Å². The standard InChI is InChI=1S/C18H25N3O5/c1-10-13(8-25-9-14(22)26-18(4,5)6)11(2)16(20-21-19)12(3)15(10)17(23)24-7/h8-9H2,1-7H3. The highest BCUT2D eigenvalue weighted by Gasteiger charge is 2.22. The van der Waals surface area contributed by atoms with Crippen LogP contribution < -0.4 is 0 Å². The molecule has 0 unspecified atom stereocenters. The number of benzene rings is 1. The Kier molecular flexibility index (Phi) is 7.18. The van der Waals surface area contributed by atoms with E-state index in [9.17, 15) is 9.59 Å². The van der Waals surface area contributed by atoms with Gasteiger partial charge in [0.05, 0.1) is 19.3 Å². The zero-order valence-electron chi connectivity index (χ0n) is 16.3. The molecule has 8 nitrogen and oxygen atoms in total. The van der Waals surface area contributed by atoms with E-state index in [0.717, 1.165) is 0 Å². The van der Waals surface area contributed by atoms with E-state index in [4.69, 9.17) is 19.7 Å². The lowest BCUT2D eigenvalue weighted by molar-refractivity contribution is -0.160. The third-order valence-electron chi connectivity index (χ3n) is 3.79. The van der Waals surface area contributed by atoms with Gasteiger partial charge in [-0.2, -0.15) is 0 Å². The quantitative estimate of drug-likeness (QED) is 0.325. The highest BCUT2D eigenvalue weighted by Crippen LogP contribution is 2.34. The van der Waals surface area contributed by atoms with Gasteiger partial charge in [0.1, 0.15) is 12.2 Å². The zero-order chi connectivity index (χ0) is 20.1. The van der Waals surface area contributed by atoms with Gasteiger partial charge in [-0.25, -0.2) is 9.59 Å². The summed E-state index contributed by atoms with van der Waals surface area (Å²) < 4.78 is 15.5. The van der Waals surface area contributed by atoms with Crippen LogP contribution in [0.1, 0.15) is 53.4 Å². The molecule has 1 aromatic carbocycles. The molecular formula is C18H25N3O5. The second-order valence-electron chi connectivity index (χ2n) is 6.84. The number of carbonyl (C=O) groups excluding carboxylic acids is 2. The molecule has 1 rings (SSSR count). The van der Waals surface area contributed by atoms with Crippen LogP contribution in [-0.2, 0) is 25.6 Å². The molecule has 0 saturated heterocycles. The summed E-state index contributed by atoms with van der Waals surface area (Å²) >= 11 is 0. The van der Waals surface area contributed by atoms with E-state index in [1.807, 2.05) is 0 Å². The van der Waals surface area contributed by atoms with E-state index in [-0.39, 0.29) is 13.2 Å². The van der Waals surface area contributed by atoms with Crippen LogP contribution in [0.2, 0.25) is 0 Å². The Morgan fingerprint density at radius 2 is 1.73 bits per heavy atom. The van der Waals surface area contributed by atoms with Crippen molar-refractivity contribution < 1.29 is 23.8 Å². The van der Waals surface area contributed by atoms with Crippen LogP contribution in [0.5, 0.6) is 0 Å². The van der Waals surface area contributed by atoms with Gasteiger partial charge in [-0.05, 0) is 69.3 Å². The predicted molar refractivity (Wildman–Crippen MR) is 96.3 cm³/mol. The molecule has 8 heteroatoms. The van der Waals surface area contributed by atoms with Crippen LogP contribution in [0, 0.1) is 20.8 Å². The van der Waals surface area contributed by atoms with Crippen LogP contribution in [0.15, 0.2) is 5.11 Å². The second-order valence-corrected chi connectivity index (χ2v) is 6.84. The van der Waals surface area contributed by atoms with E-state index < -0.39 is 17.5 Å². The average Bonchev–Trinajstić information content (AvgIpc) is 2.52. The lowest BCUT2D eigenvalue weighted by Gasteiger charge is -2.21. The molecule has 0 fully saturated rings. The molecule has 0 atom stereocenters. The number of hydrogen-bond acceptors (Lipinski definition) is 6. The molecule has 0 saturated carbocycles. The van der Waals surface area contributed by atoms with Crippen molar-refractivity contribution in [3.05, 3.63) is 38.3 Å². The number of nitrogens with zero attached hydrogens (tertiary/aromatic N) is 3. The topological polar surface area (TPSA) is 111 Å². The minimum absolute atomic E-state index is 0.0646. The van der Waals surface area contributed by atoms with Gasteiger partial charge in [-0.15, -0.1) is 0 Å². The summed E-state index contributed by atoms with van der Waals surface area (Å²) in [5.41, 5.74) is 11.5. The fourth-order valence-corrected chi connectivity index (χ4v) is 2.68. The molecule has 0 aliphatic heterocycles. The van der Waals surface area contributed by atoms with E-state index >= 15 is 0 Å². The van der Waals surface area contributed by atoms with Crippen LogP contribution in [0.25, 0.3) is 10.4 Å². The van der Waals surface area contributed by atoms with Crippen LogP contribution in [-0.4, -0.2) is 31.3 Å². The first-order valence-corrected chi connectivity index (χ1v) is 8.09. The van der Waals surface area contributed by atoms with Crippen molar-refractivity contribution in [1.82, 2.24) is 0 Å². The molecule has 26 heavy (non-hydrogen) atoms. The minimum Gasteiger partial charge on any atom is -0.465 e. The molecule has 0 spiro atoms. The number of azide groups is 1. The van der Waals surface area contributed by atoms with Crippen molar-refractivity contribution in [2.75, 3.05) is 13.7 Å². The molecular weight excluding hydrogens is 338 g/mol. The van der Waals surface area contributed by atoms with Crippen molar-refractivity contribution >= 4 is 17.6 Å². The molecule has 0 radical (unpaired) electrons. The molecule has 0 N–H and O–H groups in total. The number of hydrogen-bond donors (Lipinski definition) is 0. The Morgan fingerprint density at radius 1 is 1.12 bits per heavy atom. The first-order valence-electron chi connectivity index (χ1n) is 8.09. The van der Waals surface area contributed by atoms with E-state index in [1.54, 1.807) is 41.5 Å². The molecule has 1 aromatic rings. The highest BCUT2D eigenvalue weighted by atomic mass is 16.6. The highest BCUT2D eigenvalue weighted by molar-refractivity contribution is 5.95. The fraction of sp³-hybridized carbons (Fsp3) is 0.556. The Balaban J connectivity index is 3.18. The first kappa shape index (κ1) is 21.5. The summed E-state index contributed by atoms with van der Waals surface area (Å²) in [7, 11) is 1.28. The number of ether oxygens (including phenoxy) is 3. The largest absolute Gasteiger partial charge is 0.465 e. The van der Waals surface area contributed by atoms with Gasteiger partial charge in [0, 0.05) is 10.6 Å². The SMILES string of the molecule is COC(=O)c1c(C)c(COCC(=O)OC(C)(C)C)c(C)c(N=[N+]=[N-])c1C. The summed E-state index contributed by atoms with van der Waals surface area (Å²) in [4.78, 5) is 26.7. The summed E-state index contributed by atoms with van der Waals surface area (Å²) in [5.74, 6) is -1.01. The van der Waals surface area contributed by atoms with Crippen molar-refractivity contribution in [1.29, 1.82) is 0 Å². The number of carbonyl (C=O) groups is 2. The predicted octanol–water partition coefficient (Wildman–Crippen LogP) is 4.20. The fourth-order valence-electron chi connectivity index (χ4n) is 2.68. The lowest BCUT2D eigenvalue weighted by Crippen LogP contribution is -2.26. The van der Waals surface area contributed by atoms with Crippen molar-refractivity contribution in [3.63, 3.8) is 0 Å². The van der Waals surface area contributed by atoms with Crippen LogP contribution in [0.3, 0.4) is 0 Å². The van der Waals surface area contributed by atoms with Gasteiger partial charge in [-0.3, -0.25) is 0 Å². The van der Waals surface area contributed by atoms with Crippen LogP contribution in [0.4, 0.5) is 5.69 Å². The maximum absolute atomic E-state index is 12.1. The molecule has 142 valence electrons. The molecule has 0 aromatic heterocycles. The van der Waals surface area contributed by atoms with E-state index in [2.05, 4.69) is 10.0 Å². The molecule has 0 bridgehead atoms. The summed E-state index contributed by atoms with van der Waals surface area (Å²) in [5, 5.41) is 3.70. The number of esters is 2. The Morgan fingerprint density at radius 3 is 2.23 bits per heavy atom. The smallest absolute Gasteiger partial charge is 0.338 e. The van der Waals surface area contributed by atoms with Crippen molar-refractivity contribution in [2.45, 2.75) is 53.8 Å². The van der Waals surface area contributed by atoms with E-state index in [0.29, 0.717) is 33.5 Å². The van der Waals surface area contributed by atoms with Gasteiger partial charge >= 0.3 is 11.9 Å². The summed E-state index contributed by atoms with van der Waals surface area (Å²) in [6, 6.07) is 0. The monoisotopic (exact) mass is 363 g/mol. The summed E-state index contributed by atoms with van der Waals surface area (Å²) in [6.45, 7) is 10.4. The van der Waals surface area contributed by atoms with Gasteiger partial charge in [0.15, 0.2) is 0 Å². The number of methoxy groups -OCH3 is 1. The molecule has 0 amide bonds. The normalized spacial score (nSPS) is 10.9. The maximum atomic E-state index is 12.1. The zero-order valence-corrected chi connectivity index (χ0v) is 16.3. The van der Waals surface area contributed by atoms with Crippen molar-refractivity contribution in [2.24, 2.45) is 5.11 Å². The lowest BCUT2D eigenvalue weighted by atomic mass is 9.91. The second kappa shape index (κ2) is 8.69. The third-order valence-corrected chi connectivity index (χ3v) is 3.79. The van der Waals surface area contributed by atoms with Gasteiger partial charge in [0.25, 0.3) is 0 Å². The van der Waals surface area contributed by atoms with Crippen molar-refractivity contribution in [3.8, 4) is 0 Å². The van der Waals surface area contributed by atoms with Gasteiger partial charge in [0.2, 0.25) is 0 Å². The minimum atomic E-state index is -0.594. The van der Waals surface area contributed by atoms with Crippen LogP contribution >= 0.6 is 0 Å². The Labute approximate surface area is 153 Å². The Bertz CT molecular complexity index is 759. The molecule has 0 aliphatic carbocycles. The average molecular weight is 363 g/mol. The third kappa shape index (κ3) is 5.21. The molecule has 0 heterocycles. The van der Waals surface area contributed by atoms with E-state index in [1.165, 1.54) is 7.11 Å². The summed E-state index contributed by atoms with van der Waals surface area (Å²) in [6.07, 6.45) is 0. The first-order chi connectivity index (χ1) is 12.0.